The number of nitrogens with two attached hydrogens (primary N) is 1. The van der Waals surface area contributed by atoms with Crippen molar-refractivity contribution in [2.75, 3.05) is 16.4 Å². The van der Waals surface area contributed by atoms with Crippen LogP contribution < -0.4 is 16.4 Å². The van der Waals surface area contributed by atoms with E-state index >= 15 is 0 Å². The van der Waals surface area contributed by atoms with Crippen LogP contribution in [0.3, 0.4) is 0 Å². The molecule has 0 atom stereocenters. The summed E-state index contributed by atoms with van der Waals surface area (Å²) < 4.78 is 39.4. The smallest absolute Gasteiger partial charge is 0.393 e. The predicted octanol–water partition coefficient (Wildman–Crippen LogP) is 4.27. The molecular formula is C17H15F3N6. The maximum atomic E-state index is 13.1. The molecule has 0 fully saturated rings. The largest absolute Gasteiger partial charge is 0.418 e. The molecule has 0 spiro atoms. The number of alkyl halides is 3. The van der Waals surface area contributed by atoms with E-state index in [1.807, 2.05) is 13.0 Å². The highest BCUT2D eigenvalue weighted by Crippen LogP contribution is 2.37. The fourth-order valence-corrected chi connectivity index (χ4v) is 2.30. The topological polar surface area (TPSA) is 88.8 Å². The second-order valence-electron chi connectivity index (χ2n) is 5.44. The Morgan fingerprint density at radius 2 is 1.62 bits per heavy atom. The number of nitrogens with one attached hydrogen (secondary N) is 2. The summed E-state index contributed by atoms with van der Waals surface area (Å²) in [7, 11) is 0. The Balaban J connectivity index is 1.91. The standard InChI is InChI=1S/C17H15F3N6/c1-10-5-4-8-13(24-10)26-16-14(21)15(22-9-23-16)25-12-7-3-2-6-11(12)17(18,19)20/h2-9H,21H2,1H3,(H2,22,23,24,25,26). The number of aromatic nitrogens is 3. The monoisotopic (exact) mass is 360 g/mol. The quantitative estimate of drug-likeness (QED) is 0.644. The highest BCUT2D eigenvalue weighted by Gasteiger charge is 2.33. The summed E-state index contributed by atoms with van der Waals surface area (Å²) in [6.07, 6.45) is -3.30. The van der Waals surface area contributed by atoms with Gasteiger partial charge in [-0.1, -0.05) is 18.2 Å². The van der Waals surface area contributed by atoms with Crippen LogP contribution in [-0.4, -0.2) is 15.0 Å². The lowest BCUT2D eigenvalue weighted by Crippen LogP contribution is -2.11. The Morgan fingerprint density at radius 3 is 2.31 bits per heavy atom. The molecule has 0 aliphatic rings. The lowest BCUT2D eigenvalue weighted by atomic mass is 10.1. The van der Waals surface area contributed by atoms with Crippen molar-refractivity contribution in [1.29, 1.82) is 0 Å². The first-order valence-electron chi connectivity index (χ1n) is 7.59. The van der Waals surface area contributed by atoms with E-state index in [0.717, 1.165) is 11.8 Å². The van der Waals surface area contributed by atoms with Gasteiger partial charge in [-0.05, 0) is 31.2 Å². The van der Waals surface area contributed by atoms with E-state index in [4.69, 9.17) is 5.73 Å². The van der Waals surface area contributed by atoms with Crippen LogP contribution in [0.15, 0.2) is 48.8 Å². The van der Waals surface area contributed by atoms with Crippen LogP contribution in [0, 0.1) is 6.92 Å². The highest BCUT2D eigenvalue weighted by molar-refractivity contribution is 5.80. The van der Waals surface area contributed by atoms with Gasteiger partial charge in [-0.15, -0.1) is 0 Å². The van der Waals surface area contributed by atoms with E-state index in [9.17, 15) is 13.2 Å². The van der Waals surface area contributed by atoms with Gasteiger partial charge in [-0.3, -0.25) is 0 Å². The molecule has 0 aliphatic carbocycles. The normalized spacial score (nSPS) is 11.2. The zero-order valence-corrected chi connectivity index (χ0v) is 13.7. The summed E-state index contributed by atoms with van der Waals surface area (Å²) in [5.74, 6) is 0.814. The minimum absolute atomic E-state index is 0.0619. The van der Waals surface area contributed by atoms with Crippen molar-refractivity contribution < 1.29 is 13.2 Å². The molecule has 1 aromatic carbocycles. The maximum Gasteiger partial charge on any atom is 0.418 e. The molecule has 6 nitrogen and oxygen atoms in total. The van der Waals surface area contributed by atoms with E-state index in [1.165, 1.54) is 24.5 Å². The number of rotatable bonds is 4. The molecule has 3 rings (SSSR count). The second-order valence-corrected chi connectivity index (χ2v) is 5.44. The average Bonchev–Trinajstić information content (AvgIpc) is 2.58. The number of hydrogen-bond donors (Lipinski definition) is 3. The molecule has 0 amide bonds. The van der Waals surface area contributed by atoms with Crippen molar-refractivity contribution in [2.24, 2.45) is 0 Å². The van der Waals surface area contributed by atoms with Gasteiger partial charge in [0.05, 0.1) is 11.3 Å². The molecule has 0 bridgehead atoms. The number of nitrogens with zero attached hydrogens (tertiary/aromatic N) is 3. The van der Waals surface area contributed by atoms with Crippen molar-refractivity contribution in [3.8, 4) is 0 Å². The number of aryl methyl sites for hydroxylation is 1. The SMILES string of the molecule is Cc1cccc(Nc2ncnc(Nc3ccccc3C(F)(F)F)c2N)n1. The van der Waals surface area contributed by atoms with Gasteiger partial charge in [0.1, 0.15) is 17.8 Å². The summed E-state index contributed by atoms with van der Waals surface area (Å²) in [6, 6.07) is 10.4. The molecule has 0 radical (unpaired) electrons. The van der Waals surface area contributed by atoms with E-state index < -0.39 is 11.7 Å². The van der Waals surface area contributed by atoms with Gasteiger partial charge in [0.25, 0.3) is 0 Å². The molecule has 4 N–H and O–H groups in total. The van der Waals surface area contributed by atoms with Crippen molar-refractivity contribution in [1.82, 2.24) is 15.0 Å². The molecule has 0 unspecified atom stereocenters. The number of hydrogen-bond acceptors (Lipinski definition) is 6. The van der Waals surface area contributed by atoms with Gasteiger partial charge in [0.15, 0.2) is 11.6 Å². The molecule has 26 heavy (non-hydrogen) atoms. The minimum atomic E-state index is -4.50. The van der Waals surface area contributed by atoms with E-state index in [1.54, 1.807) is 12.1 Å². The van der Waals surface area contributed by atoms with E-state index in [2.05, 4.69) is 25.6 Å². The first-order chi connectivity index (χ1) is 12.3. The molecule has 0 saturated carbocycles. The van der Waals surface area contributed by atoms with Crippen LogP contribution in [0.5, 0.6) is 0 Å². The molecule has 2 aromatic heterocycles. The van der Waals surface area contributed by atoms with Gasteiger partial charge in [0.2, 0.25) is 0 Å². The summed E-state index contributed by atoms with van der Waals surface area (Å²) in [5, 5.41) is 5.56. The lowest BCUT2D eigenvalue weighted by molar-refractivity contribution is -0.136. The third kappa shape index (κ3) is 3.82. The Bertz CT molecular complexity index is 926. The molecule has 9 heteroatoms. The minimum Gasteiger partial charge on any atom is -0.393 e. The third-order valence-corrected chi connectivity index (χ3v) is 3.50. The van der Waals surface area contributed by atoms with Gasteiger partial charge in [-0.2, -0.15) is 13.2 Å². The van der Waals surface area contributed by atoms with Crippen LogP contribution >= 0.6 is 0 Å². The molecule has 0 aliphatic heterocycles. The molecule has 2 heterocycles. The number of halogens is 3. The number of pyridine rings is 1. The molecule has 134 valence electrons. The van der Waals surface area contributed by atoms with Crippen LogP contribution in [0.2, 0.25) is 0 Å². The average molecular weight is 360 g/mol. The van der Waals surface area contributed by atoms with Gasteiger partial charge in [-0.25, -0.2) is 15.0 Å². The summed E-state index contributed by atoms with van der Waals surface area (Å²) in [5.41, 5.74) is 5.93. The number of benzene rings is 1. The first-order valence-corrected chi connectivity index (χ1v) is 7.59. The molecule has 3 aromatic rings. The van der Waals surface area contributed by atoms with Crippen molar-refractivity contribution in [3.05, 3.63) is 60.0 Å². The zero-order chi connectivity index (χ0) is 18.7. The Morgan fingerprint density at radius 1 is 0.923 bits per heavy atom. The number of nitrogen functional groups attached to an aromatic ring is 1. The second kappa shape index (κ2) is 6.87. The Labute approximate surface area is 147 Å². The fourth-order valence-electron chi connectivity index (χ4n) is 2.30. The number of anilines is 5. The Hall–Kier alpha value is -3.36. The number of para-hydroxylation sites is 1. The van der Waals surface area contributed by atoms with Crippen molar-refractivity contribution in [2.45, 2.75) is 13.1 Å². The van der Waals surface area contributed by atoms with Crippen LogP contribution in [0.25, 0.3) is 0 Å². The highest BCUT2D eigenvalue weighted by atomic mass is 19.4. The van der Waals surface area contributed by atoms with Crippen molar-refractivity contribution in [3.63, 3.8) is 0 Å². The molecular weight excluding hydrogens is 345 g/mol. The van der Waals surface area contributed by atoms with Crippen LogP contribution in [0.4, 0.5) is 42.0 Å². The summed E-state index contributed by atoms with van der Waals surface area (Å²) in [4.78, 5) is 12.2. The predicted molar refractivity (Wildman–Crippen MR) is 93.4 cm³/mol. The molecule has 0 saturated heterocycles. The van der Waals surface area contributed by atoms with E-state index in [-0.39, 0.29) is 23.0 Å². The zero-order valence-electron chi connectivity index (χ0n) is 13.7. The maximum absolute atomic E-state index is 13.1. The summed E-state index contributed by atoms with van der Waals surface area (Å²) in [6.45, 7) is 1.83. The first kappa shape index (κ1) is 17.5. The van der Waals surface area contributed by atoms with E-state index in [0.29, 0.717) is 5.82 Å². The fraction of sp³-hybridized carbons (Fsp3) is 0.118. The van der Waals surface area contributed by atoms with Crippen LogP contribution in [0.1, 0.15) is 11.3 Å². The van der Waals surface area contributed by atoms with Crippen molar-refractivity contribution >= 4 is 28.8 Å². The lowest BCUT2D eigenvalue weighted by Gasteiger charge is -2.16. The van der Waals surface area contributed by atoms with Gasteiger partial charge in [0, 0.05) is 5.69 Å². The Kier molecular flexibility index (Phi) is 4.61. The van der Waals surface area contributed by atoms with Gasteiger partial charge < -0.3 is 16.4 Å². The summed E-state index contributed by atoms with van der Waals surface area (Å²) >= 11 is 0. The van der Waals surface area contributed by atoms with Gasteiger partial charge >= 0.3 is 6.18 Å². The van der Waals surface area contributed by atoms with Crippen LogP contribution in [-0.2, 0) is 6.18 Å². The third-order valence-electron chi connectivity index (χ3n) is 3.50.